The first kappa shape index (κ1) is 23.7. The number of thioether (sulfide) groups is 1. The van der Waals surface area contributed by atoms with Crippen LogP contribution in [-0.2, 0) is 14.3 Å². The van der Waals surface area contributed by atoms with Crippen LogP contribution in [-0.4, -0.2) is 52.3 Å². The SMILES string of the molecule is CCCN1C(=O)/C(=C/c2cc3cccc(C)c3nc2N2CCC(C(=O)OCC)CC2)SC1=S. The summed E-state index contributed by atoms with van der Waals surface area (Å²) in [5.41, 5.74) is 2.96. The molecule has 0 saturated carbocycles. The number of hydrogen-bond donors (Lipinski definition) is 0. The topological polar surface area (TPSA) is 62.7 Å². The molecule has 2 saturated heterocycles. The van der Waals surface area contributed by atoms with Crippen LogP contribution < -0.4 is 4.90 Å². The number of amides is 1. The summed E-state index contributed by atoms with van der Waals surface area (Å²) in [7, 11) is 0. The number of benzene rings is 1. The summed E-state index contributed by atoms with van der Waals surface area (Å²) in [6.45, 7) is 8.40. The van der Waals surface area contributed by atoms with Crippen molar-refractivity contribution in [1.29, 1.82) is 0 Å². The Morgan fingerprint density at radius 2 is 2.06 bits per heavy atom. The zero-order valence-electron chi connectivity index (χ0n) is 19.3. The van der Waals surface area contributed by atoms with Gasteiger partial charge in [0.15, 0.2) is 0 Å². The Balaban J connectivity index is 1.70. The third-order valence-corrected chi connectivity index (χ3v) is 7.46. The molecule has 2 aliphatic rings. The van der Waals surface area contributed by atoms with E-state index in [9.17, 15) is 9.59 Å². The van der Waals surface area contributed by atoms with Crippen LogP contribution in [0, 0.1) is 12.8 Å². The lowest BCUT2D eigenvalue weighted by Gasteiger charge is -2.33. The Labute approximate surface area is 204 Å². The van der Waals surface area contributed by atoms with Crippen LogP contribution in [0.5, 0.6) is 0 Å². The fourth-order valence-corrected chi connectivity index (χ4v) is 5.66. The highest BCUT2D eigenvalue weighted by Gasteiger charge is 2.32. The van der Waals surface area contributed by atoms with E-state index < -0.39 is 0 Å². The number of pyridine rings is 1. The molecule has 4 rings (SSSR count). The summed E-state index contributed by atoms with van der Waals surface area (Å²) >= 11 is 6.80. The van der Waals surface area contributed by atoms with Crippen molar-refractivity contribution < 1.29 is 14.3 Å². The number of nitrogens with zero attached hydrogens (tertiary/aromatic N) is 3. The quantitative estimate of drug-likeness (QED) is 0.328. The summed E-state index contributed by atoms with van der Waals surface area (Å²) in [6.07, 6.45) is 4.24. The van der Waals surface area contributed by atoms with Crippen molar-refractivity contribution in [2.24, 2.45) is 5.92 Å². The summed E-state index contributed by atoms with van der Waals surface area (Å²) in [4.78, 5) is 34.7. The van der Waals surface area contributed by atoms with Crippen LogP contribution in [0.4, 0.5) is 5.82 Å². The molecule has 33 heavy (non-hydrogen) atoms. The molecule has 0 atom stereocenters. The number of anilines is 1. The Kier molecular flexibility index (Phi) is 7.34. The van der Waals surface area contributed by atoms with Crippen molar-refractivity contribution >= 4 is 63.0 Å². The lowest BCUT2D eigenvalue weighted by molar-refractivity contribution is -0.148. The fourth-order valence-electron chi connectivity index (χ4n) is 4.36. The molecule has 0 unspecified atom stereocenters. The van der Waals surface area contributed by atoms with Crippen molar-refractivity contribution in [2.45, 2.75) is 40.0 Å². The van der Waals surface area contributed by atoms with Gasteiger partial charge in [-0.15, -0.1) is 0 Å². The molecule has 0 aliphatic carbocycles. The van der Waals surface area contributed by atoms with Gasteiger partial charge in [0.2, 0.25) is 0 Å². The molecule has 1 amide bonds. The summed E-state index contributed by atoms with van der Waals surface area (Å²) in [5, 5.41) is 1.04. The normalized spacial score (nSPS) is 18.6. The summed E-state index contributed by atoms with van der Waals surface area (Å²) in [5.74, 6) is 0.624. The van der Waals surface area contributed by atoms with Gasteiger partial charge in [0, 0.05) is 30.6 Å². The molecule has 3 heterocycles. The number of piperidine rings is 1. The van der Waals surface area contributed by atoms with E-state index in [0.717, 1.165) is 47.1 Å². The number of para-hydroxylation sites is 1. The molecule has 2 fully saturated rings. The van der Waals surface area contributed by atoms with E-state index in [1.54, 1.807) is 4.90 Å². The Hall–Kier alpha value is -2.45. The first-order valence-electron chi connectivity index (χ1n) is 11.5. The number of carbonyl (C=O) groups is 2. The predicted molar refractivity (Wildman–Crippen MR) is 138 cm³/mol. The van der Waals surface area contributed by atoms with Gasteiger partial charge in [0.25, 0.3) is 5.91 Å². The van der Waals surface area contributed by atoms with Crippen molar-refractivity contribution in [3.05, 3.63) is 40.3 Å². The van der Waals surface area contributed by atoms with Crippen molar-refractivity contribution in [3.63, 3.8) is 0 Å². The standard InChI is InChI=1S/C25H29N3O3S2/c1-4-11-28-23(29)20(33-25(28)32)15-19-14-18-8-6-7-16(3)21(18)26-22(19)27-12-9-17(10-13-27)24(30)31-5-2/h6-8,14-15,17H,4-5,9-13H2,1-3H3/b20-15-. The number of rotatable bonds is 6. The summed E-state index contributed by atoms with van der Waals surface area (Å²) < 4.78 is 5.83. The van der Waals surface area contributed by atoms with Gasteiger partial charge in [0.05, 0.1) is 22.9 Å². The van der Waals surface area contributed by atoms with Crippen molar-refractivity contribution in [2.75, 3.05) is 31.1 Å². The van der Waals surface area contributed by atoms with Gasteiger partial charge < -0.3 is 9.64 Å². The van der Waals surface area contributed by atoms with Gasteiger partial charge in [-0.05, 0) is 50.8 Å². The highest BCUT2D eigenvalue weighted by molar-refractivity contribution is 8.26. The number of thiocarbonyl (C=S) groups is 1. The zero-order valence-corrected chi connectivity index (χ0v) is 20.9. The molecular formula is C25H29N3O3S2. The maximum Gasteiger partial charge on any atom is 0.309 e. The van der Waals surface area contributed by atoms with Crippen LogP contribution in [0.2, 0.25) is 0 Å². The Morgan fingerprint density at radius 1 is 1.30 bits per heavy atom. The number of esters is 1. The third kappa shape index (κ3) is 4.92. The molecule has 2 aromatic rings. The van der Waals surface area contributed by atoms with Gasteiger partial charge in [-0.3, -0.25) is 14.5 Å². The van der Waals surface area contributed by atoms with Gasteiger partial charge in [0.1, 0.15) is 10.1 Å². The predicted octanol–water partition coefficient (Wildman–Crippen LogP) is 4.93. The molecule has 0 N–H and O–H groups in total. The number of aromatic nitrogens is 1. The van der Waals surface area contributed by atoms with E-state index in [0.29, 0.717) is 35.5 Å². The molecule has 0 spiro atoms. The smallest absolute Gasteiger partial charge is 0.309 e. The molecule has 2 aliphatic heterocycles. The van der Waals surface area contributed by atoms with Gasteiger partial charge in [-0.2, -0.15) is 0 Å². The average molecular weight is 484 g/mol. The second-order valence-corrected chi connectivity index (χ2v) is 10.1. The van der Waals surface area contributed by atoms with E-state index in [4.69, 9.17) is 21.9 Å². The minimum atomic E-state index is -0.112. The zero-order chi connectivity index (χ0) is 23.5. The molecule has 0 radical (unpaired) electrons. The maximum absolute atomic E-state index is 13.0. The van der Waals surface area contributed by atoms with Crippen LogP contribution in [0.25, 0.3) is 17.0 Å². The Morgan fingerprint density at radius 3 is 2.76 bits per heavy atom. The highest BCUT2D eigenvalue weighted by Crippen LogP contribution is 2.36. The third-order valence-electron chi connectivity index (χ3n) is 6.08. The lowest BCUT2D eigenvalue weighted by Crippen LogP contribution is -2.37. The molecule has 1 aromatic heterocycles. The lowest BCUT2D eigenvalue weighted by atomic mass is 9.96. The first-order valence-corrected chi connectivity index (χ1v) is 12.7. The van der Waals surface area contributed by atoms with Crippen LogP contribution in [0.3, 0.4) is 0 Å². The van der Waals surface area contributed by atoms with Crippen LogP contribution in [0.1, 0.15) is 44.2 Å². The molecule has 0 bridgehead atoms. The minimum absolute atomic E-state index is 0.0387. The second-order valence-electron chi connectivity index (χ2n) is 8.39. The molecule has 6 nitrogen and oxygen atoms in total. The van der Waals surface area contributed by atoms with E-state index in [1.807, 2.05) is 32.1 Å². The highest BCUT2D eigenvalue weighted by atomic mass is 32.2. The number of aryl methyl sites for hydroxylation is 1. The van der Waals surface area contributed by atoms with Gasteiger partial charge in [-0.25, -0.2) is 4.98 Å². The molecular weight excluding hydrogens is 454 g/mol. The van der Waals surface area contributed by atoms with Crippen molar-refractivity contribution in [3.8, 4) is 0 Å². The molecule has 1 aromatic carbocycles. The van der Waals surface area contributed by atoms with Crippen molar-refractivity contribution in [1.82, 2.24) is 9.88 Å². The largest absolute Gasteiger partial charge is 0.466 e. The van der Waals surface area contributed by atoms with Gasteiger partial charge >= 0.3 is 5.97 Å². The molecule has 174 valence electrons. The van der Waals surface area contributed by atoms with E-state index in [2.05, 4.69) is 24.0 Å². The monoisotopic (exact) mass is 483 g/mol. The van der Waals surface area contributed by atoms with Crippen LogP contribution >= 0.6 is 24.0 Å². The van der Waals surface area contributed by atoms with E-state index in [-0.39, 0.29) is 17.8 Å². The minimum Gasteiger partial charge on any atom is -0.466 e. The number of fused-ring (bicyclic) bond motifs is 1. The molecule has 8 heteroatoms. The first-order chi connectivity index (χ1) is 15.9. The maximum atomic E-state index is 13.0. The van der Waals surface area contributed by atoms with E-state index in [1.165, 1.54) is 11.8 Å². The van der Waals surface area contributed by atoms with Gasteiger partial charge in [-0.1, -0.05) is 49.1 Å². The van der Waals surface area contributed by atoms with E-state index >= 15 is 0 Å². The number of hydrogen-bond acceptors (Lipinski definition) is 7. The number of carbonyl (C=O) groups excluding carboxylic acids is 2. The van der Waals surface area contributed by atoms with Crippen LogP contribution in [0.15, 0.2) is 29.2 Å². The summed E-state index contributed by atoms with van der Waals surface area (Å²) in [6, 6.07) is 8.23. The second kappa shape index (κ2) is 10.2. The fraction of sp³-hybridized carbons (Fsp3) is 0.440. The Bertz CT molecular complexity index is 1120. The number of ether oxygens (including phenoxy) is 1. The average Bonchev–Trinajstić information content (AvgIpc) is 3.07.